The van der Waals surface area contributed by atoms with Crippen LogP contribution in [0.4, 0.5) is 0 Å². The highest BCUT2D eigenvalue weighted by Crippen LogP contribution is 2.59. The summed E-state index contributed by atoms with van der Waals surface area (Å²) in [7, 11) is 0. The van der Waals surface area contributed by atoms with Crippen LogP contribution in [-0.2, 0) is 9.59 Å². The lowest BCUT2D eigenvalue weighted by Crippen LogP contribution is -2.44. The van der Waals surface area contributed by atoms with E-state index in [1.165, 1.54) is 0 Å². The van der Waals surface area contributed by atoms with Gasteiger partial charge < -0.3 is 15.3 Å². The van der Waals surface area contributed by atoms with Crippen LogP contribution in [0.25, 0.3) is 0 Å². The third-order valence-corrected chi connectivity index (χ3v) is 5.17. The number of rotatable bonds is 2. The lowest BCUT2D eigenvalue weighted by Gasteiger charge is -2.32. The molecule has 3 rings (SSSR count). The van der Waals surface area contributed by atoms with Gasteiger partial charge in [0, 0.05) is 19.0 Å². The average molecular weight is 266 g/mol. The summed E-state index contributed by atoms with van der Waals surface area (Å²) in [5.41, 5.74) is 0.249. The molecule has 0 aromatic heterocycles. The molecular formula is C14H22N2O3. The van der Waals surface area contributed by atoms with Gasteiger partial charge in [0.25, 0.3) is 0 Å². The monoisotopic (exact) mass is 266 g/mol. The number of carboxylic acid groups (broad SMARTS) is 1. The summed E-state index contributed by atoms with van der Waals surface area (Å²) in [4.78, 5) is 25.4. The standard InChI is InChI=1S/C14H22N2O3/c17-12(11-8-14(11)3-5-15-6-4-14)16-7-1-2-10(9-16)13(18)19/h10-11,15H,1-9H2,(H,18,19). The summed E-state index contributed by atoms with van der Waals surface area (Å²) in [6.45, 7) is 3.19. The molecule has 3 aliphatic rings. The maximum atomic E-state index is 12.5. The Labute approximate surface area is 113 Å². The van der Waals surface area contributed by atoms with Gasteiger partial charge in [0.2, 0.25) is 5.91 Å². The lowest BCUT2D eigenvalue weighted by atomic mass is 9.91. The Bertz CT molecular complexity index is 390. The summed E-state index contributed by atoms with van der Waals surface area (Å²) in [5.74, 6) is -0.736. The summed E-state index contributed by atoms with van der Waals surface area (Å²) in [6.07, 6.45) is 4.74. The summed E-state index contributed by atoms with van der Waals surface area (Å²) < 4.78 is 0. The van der Waals surface area contributed by atoms with Gasteiger partial charge in [-0.3, -0.25) is 9.59 Å². The molecular weight excluding hydrogens is 244 g/mol. The number of carboxylic acids is 1. The van der Waals surface area contributed by atoms with Gasteiger partial charge in [-0.15, -0.1) is 0 Å². The second-order valence-corrected chi connectivity index (χ2v) is 6.33. The van der Waals surface area contributed by atoms with E-state index in [1.54, 1.807) is 0 Å². The molecule has 2 unspecified atom stereocenters. The molecule has 2 N–H and O–H groups in total. The first-order chi connectivity index (χ1) is 9.12. The molecule has 106 valence electrons. The van der Waals surface area contributed by atoms with E-state index >= 15 is 0 Å². The van der Waals surface area contributed by atoms with Gasteiger partial charge in [-0.1, -0.05) is 0 Å². The second-order valence-electron chi connectivity index (χ2n) is 6.33. The Morgan fingerprint density at radius 2 is 2.00 bits per heavy atom. The number of hydrogen-bond acceptors (Lipinski definition) is 3. The number of likely N-dealkylation sites (tertiary alicyclic amines) is 1. The molecule has 0 radical (unpaired) electrons. The number of amides is 1. The van der Waals surface area contributed by atoms with Crippen molar-refractivity contribution in [3.63, 3.8) is 0 Å². The molecule has 5 nitrogen and oxygen atoms in total. The minimum atomic E-state index is -0.759. The van der Waals surface area contributed by atoms with Crippen LogP contribution in [0.1, 0.15) is 32.1 Å². The summed E-state index contributed by atoms with van der Waals surface area (Å²) in [6, 6.07) is 0. The van der Waals surface area contributed by atoms with Crippen LogP contribution in [0.15, 0.2) is 0 Å². The highest BCUT2D eigenvalue weighted by Gasteiger charge is 2.58. The van der Waals surface area contributed by atoms with Crippen molar-refractivity contribution >= 4 is 11.9 Å². The first-order valence-electron chi connectivity index (χ1n) is 7.35. The van der Waals surface area contributed by atoms with E-state index < -0.39 is 5.97 Å². The second kappa shape index (κ2) is 4.78. The summed E-state index contributed by atoms with van der Waals surface area (Å²) >= 11 is 0. The van der Waals surface area contributed by atoms with Gasteiger partial charge in [-0.05, 0) is 50.6 Å². The average Bonchev–Trinajstić information content (AvgIpc) is 3.12. The summed E-state index contributed by atoms with van der Waals surface area (Å²) in [5, 5.41) is 12.4. The van der Waals surface area contributed by atoms with Crippen molar-refractivity contribution in [1.82, 2.24) is 10.2 Å². The SMILES string of the molecule is O=C(O)C1CCCN(C(=O)C2CC23CCNCC3)C1. The molecule has 2 aliphatic heterocycles. The fourth-order valence-electron chi connectivity index (χ4n) is 3.77. The Kier molecular flexibility index (Phi) is 3.25. The van der Waals surface area contributed by atoms with Crippen LogP contribution < -0.4 is 5.32 Å². The van der Waals surface area contributed by atoms with E-state index in [0.717, 1.165) is 45.3 Å². The fourth-order valence-corrected chi connectivity index (χ4v) is 3.77. The molecule has 5 heteroatoms. The zero-order valence-electron chi connectivity index (χ0n) is 11.2. The Hall–Kier alpha value is -1.10. The predicted molar refractivity (Wildman–Crippen MR) is 69.6 cm³/mol. The van der Waals surface area contributed by atoms with Crippen molar-refractivity contribution in [2.75, 3.05) is 26.2 Å². The number of hydrogen-bond donors (Lipinski definition) is 2. The molecule has 1 amide bonds. The van der Waals surface area contributed by atoms with Gasteiger partial charge in [-0.25, -0.2) is 0 Å². The Morgan fingerprint density at radius 1 is 1.26 bits per heavy atom. The quantitative estimate of drug-likeness (QED) is 0.772. The highest BCUT2D eigenvalue weighted by atomic mass is 16.4. The number of nitrogens with one attached hydrogen (secondary N) is 1. The number of carbonyl (C=O) groups is 2. The first-order valence-corrected chi connectivity index (χ1v) is 7.35. The zero-order chi connectivity index (χ0) is 13.5. The van der Waals surface area contributed by atoms with Crippen molar-refractivity contribution in [2.45, 2.75) is 32.1 Å². The van der Waals surface area contributed by atoms with Crippen LogP contribution in [0, 0.1) is 17.3 Å². The number of aliphatic carboxylic acids is 1. The van der Waals surface area contributed by atoms with Gasteiger partial charge in [0.05, 0.1) is 5.92 Å². The van der Waals surface area contributed by atoms with Crippen molar-refractivity contribution < 1.29 is 14.7 Å². The zero-order valence-corrected chi connectivity index (χ0v) is 11.2. The van der Waals surface area contributed by atoms with E-state index in [1.807, 2.05) is 4.90 Å². The molecule has 0 aromatic carbocycles. The first kappa shape index (κ1) is 12.9. The minimum absolute atomic E-state index is 0.169. The molecule has 2 atom stereocenters. The van der Waals surface area contributed by atoms with Crippen molar-refractivity contribution in [1.29, 1.82) is 0 Å². The third-order valence-electron chi connectivity index (χ3n) is 5.17. The van der Waals surface area contributed by atoms with Crippen molar-refractivity contribution in [2.24, 2.45) is 17.3 Å². The van der Waals surface area contributed by atoms with Crippen molar-refractivity contribution in [3.05, 3.63) is 0 Å². The van der Waals surface area contributed by atoms with Gasteiger partial charge >= 0.3 is 5.97 Å². The van der Waals surface area contributed by atoms with Crippen LogP contribution >= 0.6 is 0 Å². The molecule has 1 spiro atoms. The molecule has 0 aromatic rings. The largest absolute Gasteiger partial charge is 0.481 e. The molecule has 2 saturated heterocycles. The van der Waals surface area contributed by atoms with E-state index in [9.17, 15) is 9.59 Å². The topological polar surface area (TPSA) is 69.6 Å². The molecule has 2 heterocycles. The third kappa shape index (κ3) is 2.36. The van der Waals surface area contributed by atoms with E-state index in [-0.39, 0.29) is 23.2 Å². The van der Waals surface area contributed by atoms with Gasteiger partial charge in [0.15, 0.2) is 0 Å². The van der Waals surface area contributed by atoms with Crippen LogP contribution in [0.5, 0.6) is 0 Å². The van der Waals surface area contributed by atoms with E-state index in [2.05, 4.69) is 5.32 Å². The molecule has 1 saturated carbocycles. The minimum Gasteiger partial charge on any atom is -0.481 e. The van der Waals surface area contributed by atoms with Crippen LogP contribution in [-0.4, -0.2) is 48.1 Å². The predicted octanol–water partition coefficient (Wildman–Crippen LogP) is 0.699. The normalized spacial score (nSPS) is 33.2. The van der Waals surface area contributed by atoms with Crippen LogP contribution in [0.3, 0.4) is 0 Å². The Morgan fingerprint density at radius 3 is 2.68 bits per heavy atom. The highest BCUT2D eigenvalue weighted by molar-refractivity contribution is 5.83. The molecule has 19 heavy (non-hydrogen) atoms. The smallest absolute Gasteiger partial charge is 0.308 e. The maximum absolute atomic E-state index is 12.5. The Balaban J connectivity index is 1.60. The van der Waals surface area contributed by atoms with Crippen LogP contribution in [0.2, 0.25) is 0 Å². The fraction of sp³-hybridized carbons (Fsp3) is 0.857. The lowest BCUT2D eigenvalue weighted by molar-refractivity contribution is -0.146. The number of carbonyl (C=O) groups excluding carboxylic acids is 1. The maximum Gasteiger partial charge on any atom is 0.308 e. The van der Waals surface area contributed by atoms with E-state index in [0.29, 0.717) is 13.0 Å². The number of piperidine rings is 2. The van der Waals surface area contributed by atoms with Gasteiger partial charge in [-0.2, -0.15) is 0 Å². The number of nitrogens with zero attached hydrogens (tertiary/aromatic N) is 1. The van der Waals surface area contributed by atoms with E-state index in [4.69, 9.17) is 5.11 Å². The molecule has 1 aliphatic carbocycles. The molecule has 0 bridgehead atoms. The molecule has 3 fully saturated rings. The van der Waals surface area contributed by atoms with Gasteiger partial charge in [0.1, 0.15) is 0 Å². The van der Waals surface area contributed by atoms with Crippen molar-refractivity contribution in [3.8, 4) is 0 Å².